The van der Waals surface area contributed by atoms with Crippen molar-refractivity contribution in [1.29, 1.82) is 0 Å². The first kappa shape index (κ1) is 16.8. The van der Waals surface area contributed by atoms with Gasteiger partial charge in [0.25, 0.3) is 11.8 Å². The van der Waals surface area contributed by atoms with E-state index in [2.05, 4.69) is 0 Å². The van der Waals surface area contributed by atoms with Crippen LogP contribution in [0.5, 0.6) is 0 Å². The van der Waals surface area contributed by atoms with Gasteiger partial charge in [-0.15, -0.1) is 11.8 Å². The maximum Gasteiger partial charge on any atom is 0.268 e. The van der Waals surface area contributed by atoms with Crippen molar-refractivity contribution in [3.63, 3.8) is 0 Å². The minimum Gasteiger partial charge on any atom is -0.467 e. The number of carbonyl (C=O) groups is 2. The molecule has 0 saturated carbocycles. The number of amides is 2. The summed E-state index contributed by atoms with van der Waals surface area (Å²) in [6, 6.07) is 10.2. The lowest BCUT2D eigenvalue weighted by Crippen LogP contribution is -2.30. The molecule has 2 heterocycles. The molecule has 7 heteroatoms. The van der Waals surface area contributed by atoms with Crippen molar-refractivity contribution in [3.05, 3.63) is 63.9 Å². The third-order valence-corrected chi connectivity index (χ3v) is 4.80. The standard InChI is InChI=1S/C17H14ClNO4S/c18-12-5-3-11(4-6-12)14-15(24-9-7-20)17(22)19(16(14)21)10-13-2-1-8-23-13/h1-6,8,20H,7,9-10H2. The minimum atomic E-state index is -0.376. The fourth-order valence-electron chi connectivity index (χ4n) is 2.41. The monoisotopic (exact) mass is 363 g/mol. The molecular formula is C17H14ClNO4S. The lowest BCUT2D eigenvalue weighted by molar-refractivity contribution is -0.137. The molecule has 0 bridgehead atoms. The van der Waals surface area contributed by atoms with Crippen molar-refractivity contribution in [2.75, 3.05) is 12.4 Å². The van der Waals surface area contributed by atoms with Crippen LogP contribution in [0.1, 0.15) is 11.3 Å². The van der Waals surface area contributed by atoms with Gasteiger partial charge in [-0.25, -0.2) is 0 Å². The molecule has 124 valence electrons. The van der Waals surface area contributed by atoms with Crippen molar-refractivity contribution < 1.29 is 19.1 Å². The Morgan fingerprint density at radius 2 is 1.88 bits per heavy atom. The largest absolute Gasteiger partial charge is 0.467 e. The lowest BCUT2D eigenvalue weighted by Gasteiger charge is -2.13. The topological polar surface area (TPSA) is 70.8 Å². The summed E-state index contributed by atoms with van der Waals surface area (Å²) >= 11 is 7.07. The molecule has 0 spiro atoms. The number of halogens is 1. The number of benzene rings is 1. The van der Waals surface area contributed by atoms with E-state index >= 15 is 0 Å². The molecule has 3 rings (SSSR count). The molecule has 0 unspecified atom stereocenters. The molecule has 1 aromatic carbocycles. The summed E-state index contributed by atoms with van der Waals surface area (Å²) in [4.78, 5) is 27.0. The van der Waals surface area contributed by atoms with Crippen LogP contribution in [0.4, 0.5) is 0 Å². The fourth-order valence-corrected chi connectivity index (χ4v) is 3.41. The van der Waals surface area contributed by atoms with Gasteiger partial charge in [-0.2, -0.15) is 0 Å². The fraction of sp³-hybridized carbons (Fsp3) is 0.176. The molecule has 2 aromatic rings. The number of rotatable bonds is 6. The van der Waals surface area contributed by atoms with Crippen molar-refractivity contribution >= 4 is 40.8 Å². The van der Waals surface area contributed by atoms with Crippen LogP contribution in [-0.4, -0.2) is 34.2 Å². The van der Waals surface area contributed by atoms with Crippen LogP contribution in [0.2, 0.25) is 5.02 Å². The van der Waals surface area contributed by atoms with Gasteiger partial charge in [-0.1, -0.05) is 23.7 Å². The molecule has 1 aromatic heterocycles. The number of hydrogen-bond acceptors (Lipinski definition) is 5. The van der Waals surface area contributed by atoms with Gasteiger partial charge < -0.3 is 9.52 Å². The summed E-state index contributed by atoms with van der Waals surface area (Å²) in [5.41, 5.74) is 0.960. The number of aliphatic hydroxyl groups is 1. The van der Waals surface area contributed by atoms with Crippen LogP contribution >= 0.6 is 23.4 Å². The SMILES string of the molecule is O=C1C(SCCO)=C(c2ccc(Cl)cc2)C(=O)N1Cc1ccco1. The van der Waals surface area contributed by atoms with E-state index in [1.165, 1.54) is 18.0 Å². The molecule has 0 aliphatic carbocycles. The van der Waals surface area contributed by atoms with Gasteiger partial charge in [0.2, 0.25) is 0 Å². The van der Waals surface area contributed by atoms with E-state index in [0.29, 0.717) is 32.6 Å². The zero-order valence-electron chi connectivity index (χ0n) is 12.6. The van der Waals surface area contributed by atoms with Crippen LogP contribution in [-0.2, 0) is 16.1 Å². The Hall–Kier alpha value is -2.02. The van der Waals surface area contributed by atoms with Crippen molar-refractivity contribution in [3.8, 4) is 0 Å². The van der Waals surface area contributed by atoms with Crippen LogP contribution < -0.4 is 0 Å². The zero-order chi connectivity index (χ0) is 17.1. The normalized spacial score (nSPS) is 14.8. The summed E-state index contributed by atoms with van der Waals surface area (Å²) in [6.45, 7) is -0.00728. The number of hydrogen-bond donors (Lipinski definition) is 1. The molecule has 2 amide bonds. The first-order valence-electron chi connectivity index (χ1n) is 7.24. The Balaban J connectivity index is 1.96. The van der Waals surface area contributed by atoms with Crippen LogP contribution in [0.25, 0.3) is 5.57 Å². The molecule has 1 aliphatic heterocycles. The highest BCUT2D eigenvalue weighted by Crippen LogP contribution is 2.36. The van der Waals surface area contributed by atoms with Gasteiger partial charge in [0, 0.05) is 10.8 Å². The van der Waals surface area contributed by atoms with E-state index < -0.39 is 0 Å². The Bertz CT molecular complexity index is 783. The second-order valence-electron chi connectivity index (χ2n) is 5.06. The highest BCUT2D eigenvalue weighted by molar-refractivity contribution is 8.04. The molecule has 1 aliphatic rings. The maximum atomic E-state index is 12.8. The first-order valence-corrected chi connectivity index (χ1v) is 8.60. The van der Waals surface area contributed by atoms with E-state index in [1.807, 2.05) is 0 Å². The summed E-state index contributed by atoms with van der Waals surface area (Å²) < 4.78 is 5.24. The van der Waals surface area contributed by atoms with Gasteiger partial charge in [0.05, 0.1) is 29.9 Å². The summed E-state index contributed by atoms with van der Waals surface area (Å²) in [5, 5.41) is 9.61. The molecule has 0 atom stereocenters. The highest BCUT2D eigenvalue weighted by Gasteiger charge is 2.39. The molecular weight excluding hydrogens is 350 g/mol. The Morgan fingerprint density at radius 1 is 1.12 bits per heavy atom. The van der Waals surface area contributed by atoms with E-state index in [1.54, 1.807) is 36.4 Å². The average Bonchev–Trinajstić information content (AvgIpc) is 3.16. The zero-order valence-corrected chi connectivity index (χ0v) is 14.1. The molecule has 0 saturated heterocycles. The molecule has 0 radical (unpaired) electrons. The molecule has 1 N–H and O–H groups in total. The van der Waals surface area contributed by atoms with Crippen LogP contribution in [0.3, 0.4) is 0 Å². The van der Waals surface area contributed by atoms with Crippen molar-refractivity contribution in [2.24, 2.45) is 0 Å². The lowest BCUT2D eigenvalue weighted by atomic mass is 10.1. The van der Waals surface area contributed by atoms with Gasteiger partial charge in [0.15, 0.2) is 0 Å². The number of aliphatic hydroxyl groups excluding tert-OH is 1. The Kier molecular flexibility index (Phi) is 5.08. The van der Waals surface area contributed by atoms with E-state index in [9.17, 15) is 9.59 Å². The van der Waals surface area contributed by atoms with Gasteiger partial charge in [-0.3, -0.25) is 14.5 Å². The van der Waals surface area contributed by atoms with Crippen molar-refractivity contribution in [2.45, 2.75) is 6.54 Å². The predicted molar refractivity (Wildman–Crippen MR) is 92.2 cm³/mol. The maximum absolute atomic E-state index is 12.8. The number of thioether (sulfide) groups is 1. The third-order valence-electron chi connectivity index (χ3n) is 3.49. The predicted octanol–water partition coefficient (Wildman–Crippen LogP) is 2.94. The molecule has 5 nitrogen and oxygen atoms in total. The Labute approximate surface area is 147 Å². The second-order valence-corrected chi connectivity index (χ2v) is 6.60. The number of carbonyl (C=O) groups excluding carboxylic acids is 2. The Morgan fingerprint density at radius 3 is 2.50 bits per heavy atom. The first-order chi connectivity index (χ1) is 11.6. The average molecular weight is 364 g/mol. The second kappa shape index (κ2) is 7.25. The smallest absolute Gasteiger partial charge is 0.268 e. The number of nitrogens with zero attached hydrogens (tertiary/aromatic N) is 1. The third kappa shape index (κ3) is 3.26. The number of furan rings is 1. The van der Waals surface area contributed by atoms with E-state index in [-0.39, 0.29) is 25.0 Å². The van der Waals surface area contributed by atoms with Gasteiger partial charge in [-0.05, 0) is 29.8 Å². The van der Waals surface area contributed by atoms with Crippen molar-refractivity contribution in [1.82, 2.24) is 4.90 Å². The van der Waals surface area contributed by atoms with Gasteiger partial charge >= 0.3 is 0 Å². The summed E-state index contributed by atoms with van der Waals surface area (Å²) in [6.07, 6.45) is 1.50. The summed E-state index contributed by atoms with van der Waals surface area (Å²) in [7, 11) is 0. The molecule has 24 heavy (non-hydrogen) atoms. The highest BCUT2D eigenvalue weighted by atomic mass is 35.5. The molecule has 0 fully saturated rings. The van der Waals surface area contributed by atoms with E-state index in [4.69, 9.17) is 21.1 Å². The van der Waals surface area contributed by atoms with Gasteiger partial charge in [0.1, 0.15) is 5.76 Å². The van der Waals surface area contributed by atoms with Crippen LogP contribution in [0, 0.1) is 0 Å². The quantitative estimate of drug-likeness (QED) is 0.799. The number of imide groups is 1. The van der Waals surface area contributed by atoms with E-state index in [0.717, 1.165) is 4.90 Å². The van der Waals surface area contributed by atoms with Crippen LogP contribution in [0.15, 0.2) is 52.0 Å². The summed E-state index contributed by atoms with van der Waals surface area (Å²) in [5.74, 6) is 0.111. The minimum absolute atomic E-state index is 0.0743.